The van der Waals surface area contributed by atoms with Gasteiger partial charge in [0.25, 0.3) is 11.1 Å². The molecule has 14 nitrogen and oxygen atoms in total. The Morgan fingerprint density at radius 2 is 1.22 bits per heavy atom. The molecular weight excluding hydrogens is 657 g/mol. The molecule has 5 heterocycles. The second kappa shape index (κ2) is 12.5. The third-order valence-electron chi connectivity index (χ3n) is 7.10. The number of anilines is 4. The van der Waals surface area contributed by atoms with Crippen molar-refractivity contribution < 1.29 is 9.59 Å². The van der Waals surface area contributed by atoms with E-state index >= 15 is 0 Å². The maximum Gasteiger partial charge on any atom is 0.268 e. The van der Waals surface area contributed by atoms with E-state index in [1.807, 2.05) is 24.3 Å². The molecule has 1 fully saturated rings. The van der Waals surface area contributed by atoms with Gasteiger partial charge in [-0.3, -0.25) is 37.7 Å². The number of piperidine rings is 1. The fraction of sp³-hybridized carbons (Fsp3) is 0.259. The lowest BCUT2D eigenvalue weighted by atomic mass is 10.1. The molecule has 0 bridgehead atoms. The second-order valence-corrected chi connectivity index (χ2v) is 14.2. The van der Waals surface area contributed by atoms with Crippen molar-refractivity contribution in [2.75, 3.05) is 33.9 Å². The molecule has 3 N–H and O–H groups in total. The van der Waals surface area contributed by atoms with Gasteiger partial charge in [0.05, 0.1) is 20.2 Å². The SMILES string of the molecule is O=C(Cn1sc2ccccc2c1=O)Nc1nnc(NC2CCN(c3nnc(NC(=O)Cn4sc5ccccc5c4=O)s3)CC2)s1. The van der Waals surface area contributed by atoms with Crippen LogP contribution in [-0.4, -0.2) is 59.3 Å². The molecule has 0 unspecified atom stereocenters. The fourth-order valence-corrected chi connectivity index (χ4v) is 8.47. The van der Waals surface area contributed by atoms with Gasteiger partial charge in [0.1, 0.15) is 13.1 Å². The smallest absolute Gasteiger partial charge is 0.268 e. The third kappa shape index (κ3) is 6.35. The van der Waals surface area contributed by atoms with Gasteiger partial charge in [-0.25, -0.2) is 0 Å². The first kappa shape index (κ1) is 29.2. The van der Waals surface area contributed by atoms with Crippen molar-refractivity contribution in [1.29, 1.82) is 0 Å². The Kier molecular flexibility index (Phi) is 8.09. The van der Waals surface area contributed by atoms with Gasteiger partial charge in [0.2, 0.25) is 32.3 Å². The topological polar surface area (TPSA) is 169 Å². The summed E-state index contributed by atoms with van der Waals surface area (Å²) in [5, 5.41) is 28.7. The van der Waals surface area contributed by atoms with Gasteiger partial charge in [-0.05, 0) is 37.1 Å². The van der Waals surface area contributed by atoms with Gasteiger partial charge < -0.3 is 10.2 Å². The summed E-state index contributed by atoms with van der Waals surface area (Å²) in [7, 11) is 0. The Balaban J connectivity index is 0.878. The summed E-state index contributed by atoms with van der Waals surface area (Å²) in [6, 6.07) is 14.7. The second-order valence-electron chi connectivity index (χ2n) is 10.2. The molecule has 0 saturated carbocycles. The van der Waals surface area contributed by atoms with Gasteiger partial charge >= 0.3 is 0 Å². The molecule has 7 rings (SSSR count). The Morgan fingerprint density at radius 3 is 1.80 bits per heavy atom. The highest BCUT2D eigenvalue weighted by atomic mass is 32.1. The number of benzene rings is 2. The number of nitrogens with one attached hydrogen (secondary N) is 3. The number of hydrogen-bond donors (Lipinski definition) is 3. The predicted octanol–water partition coefficient (Wildman–Crippen LogP) is 3.50. The van der Waals surface area contributed by atoms with Gasteiger partial charge in [0, 0.05) is 19.1 Å². The highest BCUT2D eigenvalue weighted by Gasteiger charge is 2.24. The van der Waals surface area contributed by atoms with Crippen molar-refractivity contribution >= 4 is 98.3 Å². The lowest BCUT2D eigenvalue weighted by Crippen LogP contribution is -2.39. The van der Waals surface area contributed by atoms with E-state index in [1.54, 1.807) is 24.3 Å². The van der Waals surface area contributed by atoms with Gasteiger partial charge in [-0.15, -0.1) is 20.4 Å². The third-order valence-corrected chi connectivity index (χ3v) is 10.9. The predicted molar refractivity (Wildman–Crippen MR) is 178 cm³/mol. The van der Waals surface area contributed by atoms with Crippen LogP contribution < -0.4 is 32.0 Å². The number of amides is 2. The highest BCUT2D eigenvalue weighted by molar-refractivity contribution is 7.19. The molecule has 0 aliphatic carbocycles. The molecule has 1 aliphatic heterocycles. The number of aromatic nitrogens is 6. The molecule has 0 atom stereocenters. The molecule has 1 aliphatic rings. The van der Waals surface area contributed by atoms with Crippen LogP contribution in [0.4, 0.5) is 20.5 Å². The van der Waals surface area contributed by atoms with Crippen LogP contribution in [-0.2, 0) is 22.7 Å². The van der Waals surface area contributed by atoms with Crippen molar-refractivity contribution in [3.63, 3.8) is 0 Å². The first-order chi connectivity index (χ1) is 21.9. The zero-order valence-electron chi connectivity index (χ0n) is 23.3. The van der Waals surface area contributed by atoms with Crippen LogP contribution in [0.15, 0.2) is 58.1 Å². The van der Waals surface area contributed by atoms with Crippen molar-refractivity contribution in [3.05, 3.63) is 69.2 Å². The monoisotopic (exact) mass is 680 g/mol. The average molecular weight is 681 g/mol. The van der Waals surface area contributed by atoms with E-state index in [0.29, 0.717) is 31.3 Å². The Hall–Kier alpha value is -4.52. The summed E-state index contributed by atoms with van der Waals surface area (Å²) in [5.74, 6) is -0.683. The lowest BCUT2D eigenvalue weighted by Gasteiger charge is -2.31. The molecule has 1 saturated heterocycles. The molecule has 4 aromatic heterocycles. The van der Waals surface area contributed by atoms with E-state index in [4.69, 9.17) is 0 Å². The lowest BCUT2D eigenvalue weighted by molar-refractivity contribution is -0.117. The Bertz CT molecular complexity index is 2140. The average Bonchev–Trinajstić information content (AvgIpc) is 3.82. The Morgan fingerprint density at radius 1 is 0.711 bits per heavy atom. The first-order valence-electron chi connectivity index (χ1n) is 13.9. The minimum Gasteiger partial charge on any atom is -0.357 e. The quantitative estimate of drug-likeness (QED) is 0.206. The Labute approximate surface area is 270 Å². The van der Waals surface area contributed by atoms with Crippen molar-refractivity contribution in [2.45, 2.75) is 32.0 Å². The van der Waals surface area contributed by atoms with E-state index in [0.717, 1.165) is 35.3 Å². The van der Waals surface area contributed by atoms with Crippen LogP contribution in [0.5, 0.6) is 0 Å². The van der Waals surface area contributed by atoms with Crippen molar-refractivity contribution in [2.24, 2.45) is 0 Å². The molecule has 0 spiro atoms. The normalized spacial score (nSPS) is 13.8. The molecular formula is C27H24N10O4S4. The number of hydrogen-bond acceptors (Lipinski definition) is 14. The largest absolute Gasteiger partial charge is 0.357 e. The van der Waals surface area contributed by atoms with E-state index < -0.39 is 0 Å². The number of nitrogens with zero attached hydrogens (tertiary/aromatic N) is 7. The van der Waals surface area contributed by atoms with Gasteiger partial charge in [-0.2, -0.15) is 0 Å². The minimum atomic E-state index is -0.346. The first-order valence-corrected chi connectivity index (χ1v) is 17.0. The van der Waals surface area contributed by atoms with Crippen LogP contribution in [0, 0.1) is 0 Å². The highest BCUT2D eigenvalue weighted by Crippen LogP contribution is 2.29. The minimum absolute atomic E-state index is 0.0901. The summed E-state index contributed by atoms with van der Waals surface area (Å²) < 4.78 is 4.53. The fourth-order valence-electron chi connectivity index (χ4n) is 4.94. The molecule has 18 heteroatoms. The van der Waals surface area contributed by atoms with Crippen LogP contribution in [0.25, 0.3) is 20.2 Å². The molecule has 6 aromatic rings. The van der Waals surface area contributed by atoms with Crippen molar-refractivity contribution in [1.82, 2.24) is 28.3 Å². The number of carbonyl (C=O) groups excluding carboxylic acids is 2. The summed E-state index contributed by atoms with van der Waals surface area (Å²) in [6.07, 6.45) is 1.62. The maximum atomic E-state index is 12.6. The van der Waals surface area contributed by atoms with Crippen LogP contribution in [0.2, 0.25) is 0 Å². The van der Waals surface area contributed by atoms with Crippen LogP contribution in [0.3, 0.4) is 0 Å². The van der Waals surface area contributed by atoms with Crippen LogP contribution in [0.1, 0.15) is 12.8 Å². The zero-order chi connectivity index (χ0) is 30.9. The molecule has 2 amide bonds. The van der Waals surface area contributed by atoms with E-state index in [1.165, 1.54) is 53.7 Å². The molecule has 0 radical (unpaired) electrons. The molecule has 230 valence electrons. The zero-order valence-corrected chi connectivity index (χ0v) is 26.6. The van der Waals surface area contributed by atoms with Crippen molar-refractivity contribution in [3.8, 4) is 0 Å². The standard InChI is InChI=1S/C27H24N10O4S4/c38-20(13-36-22(40)16-5-1-3-7-18(16)44-36)29-25-32-31-24(42-25)28-15-9-11-35(12-10-15)27-34-33-26(43-27)30-21(39)14-37-23(41)17-6-2-4-8-19(17)45-37/h1-8,15H,9-14H2,(H,28,31)(H,29,32,38)(H,30,33,39). The number of fused-ring (bicyclic) bond motifs is 2. The number of carbonyl (C=O) groups is 2. The maximum absolute atomic E-state index is 12.6. The van der Waals surface area contributed by atoms with Crippen LogP contribution >= 0.6 is 45.7 Å². The van der Waals surface area contributed by atoms with Gasteiger partial charge in [-0.1, -0.05) is 70.0 Å². The molecule has 2 aromatic carbocycles. The van der Waals surface area contributed by atoms with E-state index in [2.05, 4.69) is 41.2 Å². The van der Waals surface area contributed by atoms with Gasteiger partial charge in [0.15, 0.2) is 0 Å². The molecule has 45 heavy (non-hydrogen) atoms. The number of rotatable bonds is 9. The van der Waals surface area contributed by atoms with E-state index in [-0.39, 0.29) is 42.1 Å². The summed E-state index contributed by atoms with van der Waals surface area (Å²) in [5.41, 5.74) is -0.372. The summed E-state index contributed by atoms with van der Waals surface area (Å²) in [4.78, 5) is 52.3. The van der Waals surface area contributed by atoms with E-state index in [9.17, 15) is 19.2 Å². The summed E-state index contributed by atoms with van der Waals surface area (Å²) >= 11 is 5.04. The summed E-state index contributed by atoms with van der Waals surface area (Å²) in [6.45, 7) is 1.27.